The molecule has 0 aliphatic rings. The number of rotatable bonds is 3. The summed E-state index contributed by atoms with van der Waals surface area (Å²) in [5.74, 6) is -0.196. The minimum atomic E-state index is -0.196. The van der Waals surface area contributed by atoms with E-state index in [1.54, 1.807) is 0 Å². The Morgan fingerprint density at radius 3 is 2.35 bits per heavy atom. The summed E-state index contributed by atoms with van der Waals surface area (Å²) in [4.78, 5) is 0.189. The summed E-state index contributed by atoms with van der Waals surface area (Å²) in [6.45, 7) is 0. The second kappa shape index (κ2) is 5.76. The van der Waals surface area contributed by atoms with Gasteiger partial charge in [0, 0.05) is 4.83 Å². The SMILES string of the molecule is Fc1ccc(C(Br)Cc2cccc3ccccc23)cc1. The third-order valence-corrected chi connectivity index (χ3v) is 4.36. The summed E-state index contributed by atoms with van der Waals surface area (Å²) >= 11 is 3.71. The van der Waals surface area contributed by atoms with Gasteiger partial charge in [0.1, 0.15) is 5.82 Å². The van der Waals surface area contributed by atoms with E-state index in [4.69, 9.17) is 0 Å². The Hall–Kier alpha value is -1.67. The molecule has 0 bridgehead atoms. The predicted octanol–water partition coefficient (Wildman–Crippen LogP) is 5.66. The van der Waals surface area contributed by atoms with E-state index in [0.717, 1.165) is 12.0 Å². The van der Waals surface area contributed by atoms with E-state index in [9.17, 15) is 4.39 Å². The predicted molar refractivity (Wildman–Crippen MR) is 85.7 cm³/mol. The molecular weight excluding hydrogens is 315 g/mol. The third kappa shape index (κ3) is 2.75. The summed E-state index contributed by atoms with van der Waals surface area (Å²) in [5.41, 5.74) is 2.40. The summed E-state index contributed by atoms with van der Waals surface area (Å²) in [7, 11) is 0. The van der Waals surface area contributed by atoms with Crippen LogP contribution in [0.25, 0.3) is 10.8 Å². The van der Waals surface area contributed by atoms with Gasteiger partial charge in [-0.3, -0.25) is 0 Å². The maximum absolute atomic E-state index is 13.0. The van der Waals surface area contributed by atoms with Gasteiger partial charge in [0.05, 0.1) is 0 Å². The zero-order chi connectivity index (χ0) is 13.9. The molecule has 2 heteroatoms. The maximum Gasteiger partial charge on any atom is 0.123 e. The monoisotopic (exact) mass is 328 g/mol. The first-order valence-electron chi connectivity index (χ1n) is 6.60. The highest BCUT2D eigenvalue weighted by molar-refractivity contribution is 9.09. The van der Waals surface area contributed by atoms with Crippen LogP contribution in [-0.2, 0) is 6.42 Å². The number of hydrogen-bond donors (Lipinski definition) is 0. The second-order valence-electron chi connectivity index (χ2n) is 4.86. The number of fused-ring (bicyclic) bond motifs is 1. The molecule has 0 nitrogen and oxygen atoms in total. The molecule has 100 valence electrons. The highest BCUT2D eigenvalue weighted by atomic mass is 79.9. The second-order valence-corrected chi connectivity index (χ2v) is 5.97. The van der Waals surface area contributed by atoms with Crippen molar-refractivity contribution < 1.29 is 4.39 Å². The van der Waals surface area contributed by atoms with Crippen molar-refractivity contribution in [3.63, 3.8) is 0 Å². The van der Waals surface area contributed by atoms with Crippen molar-refractivity contribution in [1.29, 1.82) is 0 Å². The Kier molecular flexibility index (Phi) is 3.83. The van der Waals surface area contributed by atoms with Crippen molar-refractivity contribution in [2.24, 2.45) is 0 Å². The first kappa shape index (κ1) is 13.3. The summed E-state index contributed by atoms with van der Waals surface area (Å²) in [6, 6.07) is 21.4. The van der Waals surface area contributed by atoms with Gasteiger partial charge < -0.3 is 0 Å². The third-order valence-electron chi connectivity index (χ3n) is 3.51. The lowest BCUT2D eigenvalue weighted by atomic mass is 9.98. The number of benzene rings is 3. The molecule has 0 N–H and O–H groups in total. The van der Waals surface area contributed by atoms with E-state index in [2.05, 4.69) is 58.4 Å². The minimum Gasteiger partial charge on any atom is -0.207 e. The van der Waals surface area contributed by atoms with Crippen molar-refractivity contribution in [2.45, 2.75) is 11.2 Å². The highest BCUT2D eigenvalue weighted by Gasteiger charge is 2.10. The van der Waals surface area contributed by atoms with E-state index in [0.29, 0.717) is 0 Å². The first-order valence-corrected chi connectivity index (χ1v) is 7.52. The van der Waals surface area contributed by atoms with Crippen LogP contribution in [0.2, 0.25) is 0 Å². The molecule has 0 radical (unpaired) electrons. The van der Waals surface area contributed by atoms with Gasteiger partial charge in [0.2, 0.25) is 0 Å². The van der Waals surface area contributed by atoms with Gasteiger partial charge in [-0.15, -0.1) is 0 Å². The molecule has 0 aliphatic carbocycles. The average molecular weight is 329 g/mol. The van der Waals surface area contributed by atoms with Gasteiger partial charge in [-0.1, -0.05) is 70.5 Å². The number of hydrogen-bond acceptors (Lipinski definition) is 0. The van der Waals surface area contributed by atoms with E-state index >= 15 is 0 Å². The van der Waals surface area contributed by atoms with Gasteiger partial charge in [0.15, 0.2) is 0 Å². The van der Waals surface area contributed by atoms with Gasteiger partial charge >= 0.3 is 0 Å². The highest BCUT2D eigenvalue weighted by Crippen LogP contribution is 2.30. The van der Waals surface area contributed by atoms with Gasteiger partial charge in [0.25, 0.3) is 0 Å². The fraction of sp³-hybridized carbons (Fsp3) is 0.111. The fourth-order valence-corrected chi connectivity index (χ4v) is 3.11. The lowest BCUT2D eigenvalue weighted by Crippen LogP contribution is -1.96. The molecule has 20 heavy (non-hydrogen) atoms. The summed E-state index contributed by atoms with van der Waals surface area (Å²) < 4.78 is 13.0. The average Bonchev–Trinajstić information content (AvgIpc) is 2.48. The Morgan fingerprint density at radius 2 is 1.55 bits per heavy atom. The lowest BCUT2D eigenvalue weighted by Gasteiger charge is -2.12. The molecule has 0 aliphatic heterocycles. The van der Waals surface area contributed by atoms with Crippen LogP contribution in [0.15, 0.2) is 66.7 Å². The lowest BCUT2D eigenvalue weighted by molar-refractivity contribution is 0.627. The number of alkyl halides is 1. The molecule has 0 amide bonds. The smallest absolute Gasteiger partial charge is 0.123 e. The van der Waals surface area contributed by atoms with Crippen LogP contribution in [0.5, 0.6) is 0 Å². The van der Waals surface area contributed by atoms with Crippen molar-refractivity contribution in [3.8, 4) is 0 Å². The summed E-state index contributed by atoms with van der Waals surface area (Å²) in [5, 5.41) is 2.53. The first-order chi connectivity index (χ1) is 9.74. The van der Waals surface area contributed by atoms with Crippen molar-refractivity contribution in [1.82, 2.24) is 0 Å². The van der Waals surface area contributed by atoms with Crippen LogP contribution >= 0.6 is 15.9 Å². The van der Waals surface area contributed by atoms with E-state index < -0.39 is 0 Å². The summed E-state index contributed by atoms with van der Waals surface area (Å²) in [6.07, 6.45) is 0.882. The van der Waals surface area contributed by atoms with Crippen LogP contribution in [0, 0.1) is 5.82 Å². The minimum absolute atomic E-state index is 0.189. The van der Waals surface area contributed by atoms with Crippen LogP contribution in [0.1, 0.15) is 16.0 Å². The Labute approximate surface area is 126 Å². The van der Waals surface area contributed by atoms with Crippen LogP contribution in [-0.4, -0.2) is 0 Å². The van der Waals surface area contributed by atoms with Gasteiger partial charge in [-0.2, -0.15) is 0 Å². The van der Waals surface area contributed by atoms with Crippen LogP contribution < -0.4 is 0 Å². The normalized spacial score (nSPS) is 12.5. The van der Waals surface area contributed by atoms with Gasteiger partial charge in [-0.25, -0.2) is 4.39 Å². The van der Waals surface area contributed by atoms with E-state index in [1.165, 1.54) is 28.5 Å². The molecule has 1 unspecified atom stereocenters. The van der Waals surface area contributed by atoms with Gasteiger partial charge in [-0.05, 0) is 40.5 Å². The van der Waals surface area contributed by atoms with E-state index in [-0.39, 0.29) is 10.6 Å². The molecule has 0 fully saturated rings. The molecule has 0 saturated carbocycles. The molecule has 3 rings (SSSR count). The molecule has 0 aromatic heterocycles. The molecule has 0 heterocycles. The number of halogens is 2. The molecular formula is C18H14BrF. The molecule has 0 spiro atoms. The fourth-order valence-electron chi connectivity index (χ4n) is 2.45. The maximum atomic E-state index is 13.0. The van der Waals surface area contributed by atoms with Crippen molar-refractivity contribution in [3.05, 3.63) is 83.7 Å². The largest absolute Gasteiger partial charge is 0.207 e. The Balaban J connectivity index is 1.91. The molecule has 0 saturated heterocycles. The van der Waals surface area contributed by atoms with E-state index in [1.807, 2.05) is 12.1 Å². The zero-order valence-electron chi connectivity index (χ0n) is 10.9. The van der Waals surface area contributed by atoms with Crippen molar-refractivity contribution in [2.75, 3.05) is 0 Å². The Morgan fingerprint density at radius 1 is 0.850 bits per heavy atom. The Bertz CT molecular complexity index is 714. The molecule has 3 aromatic carbocycles. The molecule has 3 aromatic rings. The topological polar surface area (TPSA) is 0 Å². The van der Waals surface area contributed by atoms with Crippen LogP contribution in [0.3, 0.4) is 0 Å². The van der Waals surface area contributed by atoms with Crippen molar-refractivity contribution >= 4 is 26.7 Å². The molecule has 1 atom stereocenters. The zero-order valence-corrected chi connectivity index (χ0v) is 12.5. The van der Waals surface area contributed by atoms with Crippen LogP contribution in [0.4, 0.5) is 4.39 Å². The standard InChI is InChI=1S/C18H14BrF/c19-18(14-8-10-16(20)11-9-14)12-15-6-3-5-13-4-1-2-7-17(13)15/h1-11,18H,12H2. The quantitative estimate of drug-likeness (QED) is 0.544.